The Bertz CT molecular complexity index is 979. The van der Waals surface area contributed by atoms with E-state index < -0.39 is 0 Å². The van der Waals surface area contributed by atoms with Crippen LogP contribution in [0.5, 0.6) is 0 Å². The molecular weight excluding hydrogens is 384 g/mol. The summed E-state index contributed by atoms with van der Waals surface area (Å²) in [6.07, 6.45) is 0. The van der Waals surface area contributed by atoms with E-state index in [4.69, 9.17) is 11.6 Å². The number of rotatable bonds is 2. The number of benzene rings is 2. The van der Waals surface area contributed by atoms with Crippen LogP contribution >= 0.6 is 38.9 Å². The summed E-state index contributed by atoms with van der Waals surface area (Å²) >= 11 is 11.0. The largest absolute Gasteiger partial charge is 0.235 e. The molecule has 0 aliphatic rings. The van der Waals surface area contributed by atoms with Crippen LogP contribution in [0, 0.1) is 0 Å². The van der Waals surface area contributed by atoms with Crippen molar-refractivity contribution in [3.05, 3.63) is 58.0 Å². The molecule has 0 radical (unpaired) electrons. The van der Waals surface area contributed by atoms with Gasteiger partial charge in [-0.2, -0.15) is 9.61 Å². The van der Waals surface area contributed by atoms with Gasteiger partial charge < -0.3 is 0 Å². The van der Waals surface area contributed by atoms with E-state index >= 15 is 0 Å². The minimum absolute atomic E-state index is 0.664. The van der Waals surface area contributed by atoms with Crippen LogP contribution in [-0.2, 0) is 0 Å². The lowest BCUT2D eigenvalue weighted by Crippen LogP contribution is -1.90. The summed E-state index contributed by atoms with van der Waals surface area (Å²) in [7, 11) is 0. The Morgan fingerprint density at radius 2 is 1.82 bits per heavy atom. The summed E-state index contributed by atoms with van der Waals surface area (Å²) < 4.78 is 2.78. The van der Waals surface area contributed by atoms with E-state index in [0.717, 1.165) is 25.6 Å². The molecule has 22 heavy (non-hydrogen) atoms. The van der Waals surface area contributed by atoms with Crippen molar-refractivity contribution in [2.24, 2.45) is 0 Å². The summed E-state index contributed by atoms with van der Waals surface area (Å²) in [4.78, 5) is 0.755. The maximum absolute atomic E-state index is 6.05. The molecule has 2 aromatic heterocycles. The van der Waals surface area contributed by atoms with Gasteiger partial charge in [-0.15, -0.1) is 10.2 Å². The molecule has 0 saturated carbocycles. The van der Waals surface area contributed by atoms with Gasteiger partial charge in [0.25, 0.3) is 0 Å². The first kappa shape index (κ1) is 13.9. The molecule has 0 aliphatic carbocycles. The van der Waals surface area contributed by atoms with E-state index in [2.05, 4.69) is 31.2 Å². The number of nitrogens with zero attached hydrogens (tertiary/aromatic N) is 4. The molecule has 4 rings (SSSR count). The fourth-order valence-electron chi connectivity index (χ4n) is 2.16. The van der Waals surface area contributed by atoms with Crippen LogP contribution < -0.4 is 0 Å². The SMILES string of the molecule is Clc1cccc(-c2nnc3sc(-c4cccc(Br)c4)nn23)c1. The van der Waals surface area contributed by atoms with Gasteiger partial charge in [-0.3, -0.25) is 0 Å². The van der Waals surface area contributed by atoms with Crippen LogP contribution in [0.1, 0.15) is 0 Å². The van der Waals surface area contributed by atoms with Crippen molar-refractivity contribution in [1.82, 2.24) is 19.8 Å². The standard InChI is InChI=1S/C15H8BrClN4S/c16-11-5-1-4-10(7-11)14-20-21-13(18-19-15(21)22-14)9-3-2-6-12(17)8-9/h1-8H. The van der Waals surface area contributed by atoms with Gasteiger partial charge in [0.2, 0.25) is 4.96 Å². The van der Waals surface area contributed by atoms with Gasteiger partial charge >= 0.3 is 0 Å². The third-order valence-corrected chi connectivity index (χ3v) is 4.82. The van der Waals surface area contributed by atoms with Crippen molar-refractivity contribution in [1.29, 1.82) is 0 Å². The molecule has 0 saturated heterocycles. The Kier molecular flexibility index (Phi) is 3.44. The Hall–Kier alpha value is -1.76. The first-order chi connectivity index (χ1) is 10.7. The summed E-state index contributed by atoms with van der Waals surface area (Å²) in [6.45, 7) is 0. The van der Waals surface area contributed by atoms with Crippen LogP contribution in [0.25, 0.3) is 26.9 Å². The highest BCUT2D eigenvalue weighted by Crippen LogP contribution is 2.29. The Balaban J connectivity index is 1.86. The molecule has 0 amide bonds. The van der Waals surface area contributed by atoms with Crippen molar-refractivity contribution in [2.75, 3.05) is 0 Å². The van der Waals surface area contributed by atoms with Crippen molar-refractivity contribution >= 4 is 43.8 Å². The number of fused-ring (bicyclic) bond motifs is 1. The zero-order chi connectivity index (χ0) is 15.1. The van der Waals surface area contributed by atoms with E-state index in [1.54, 1.807) is 4.52 Å². The van der Waals surface area contributed by atoms with E-state index in [1.165, 1.54) is 11.3 Å². The lowest BCUT2D eigenvalue weighted by atomic mass is 10.2. The molecule has 0 fully saturated rings. The maximum atomic E-state index is 6.05. The fraction of sp³-hybridized carbons (Fsp3) is 0. The first-order valence-corrected chi connectivity index (χ1v) is 8.43. The normalized spacial score (nSPS) is 11.2. The Morgan fingerprint density at radius 1 is 1.00 bits per heavy atom. The molecule has 0 spiro atoms. The Labute approximate surface area is 143 Å². The molecule has 0 N–H and O–H groups in total. The van der Waals surface area contributed by atoms with Gasteiger partial charge in [-0.25, -0.2) is 0 Å². The summed E-state index contributed by atoms with van der Waals surface area (Å²) in [5.74, 6) is 0.690. The van der Waals surface area contributed by atoms with Crippen LogP contribution in [0.3, 0.4) is 0 Å². The summed E-state index contributed by atoms with van der Waals surface area (Å²) in [6, 6.07) is 15.6. The van der Waals surface area contributed by atoms with Gasteiger partial charge in [0, 0.05) is 20.6 Å². The molecule has 4 aromatic rings. The van der Waals surface area contributed by atoms with Crippen molar-refractivity contribution in [3.8, 4) is 22.0 Å². The van der Waals surface area contributed by atoms with Gasteiger partial charge in [-0.05, 0) is 24.3 Å². The molecule has 108 valence electrons. The molecule has 7 heteroatoms. The predicted molar refractivity (Wildman–Crippen MR) is 92.2 cm³/mol. The molecule has 0 atom stereocenters. The maximum Gasteiger partial charge on any atom is 0.235 e. The van der Waals surface area contributed by atoms with E-state index in [9.17, 15) is 0 Å². The van der Waals surface area contributed by atoms with Crippen molar-refractivity contribution < 1.29 is 0 Å². The summed E-state index contributed by atoms with van der Waals surface area (Å²) in [5, 5.41) is 14.6. The molecule has 0 unspecified atom stereocenters. The average Bonchev–Trinajstić information content (AvgIpc) is 3.07. The number of hydrogen-bond donors (Lipinski definition) is 0. The third-order valence-electron chi connectivity index (χ3n) is 3.15. The number of hydrogen-bond acceptors (Lipinski definition) is 4. The minimum Gasteiger partial charge on any atom is -0.182 e. The monoisotopic (exact) mass is 390 g/mol. The van der Waals surface area contributed by atoms with Crippen LogP contribution in [0.2, 0.25) is 5.02 Å². The smallest absolute Gasteiger partial charge is 0.182 e. The Morgan fingerprint density at radius 3 is 2.64 bits per heavy atom. The topological polar surface area (TPSA) is 43.1 Å². The van der Waals surface area contributed by atoms with E-state index in [0.29, 0.717) is 10.8 Å². The van der Waals surface area contributed by atoms with Crippen molar-refractivity contribution in [3.63, 3.8) is 0 Å². The first-order valence-electron chi connectivity index (χ1n) is 6.45. The van der Waals surface area contributed by atoms with E-state index in [1.807, 2.05) is 48.5 Å². The molecule has 2 heterocycles. The molecular formula is C15H8BrClN4S. The molecule has 4 nitrogen and oxygen atoms in total. The second kappa shape index (κ2) is 5.46. The lowest BCUT2D eigenvalue weighted by Gasteiger charge is -1.98. The number of aromatic nitrogens is 4. The second-order valence-electron chi connectivity index (χ2n) is 4.65. The molecule has 0 bridgehead atoms. The summed E-state index contributed by atoms with van der Waals surface area (Å²) in [5.41, 5.74) is 1.94. The highest BCUT2D eigenvalue weighted by Gasteiger charge is 2.14. The molecule has 2 aromatic carbocycles. The highest BCUT2D eigenvalue weighted by atomic mass is 79.9. The van der Waals surface area contributed by atoms with Gasteiger partial charge in [-0.1, -0.05) is 63.1 Å². The van der Waals surface area contributed by atoms with Gasteiger partial charge in [0.1, 0.15) is 5.01 Å². The zero-order valence-electron chi connectivity index (χ0n) is 11.1. The van der Waals surface area contributed by atoms with E-state index in [-0.39, 0.29) is 0 Å². The zero-order valence-corrected chi connectivity index (χ0v) is 14.2. The minimum atomic E-state index is 0.664. The number of halogens is 2. The average molecular weight is 392 g/mol. The predicted octanol–water partition coefficient (Wildman–Crippen LogP) is 4.94. The molecule has 0 aliphatic heterocycles. The van der Waals surface area contributed by atoms with Crippen LogP contribution in [-0.4, -0.2) is 19.8 Å². The fourth-order valence-corrected chi connectivity index (χ4v) is 3.59. The second-order valence-corrected chi connectivity index (χ2v) is 6.95. The van der Waals surface area contributed by atoms with Crippen LogP contribution in [0.4, 0.5) is 0 Å². The third kappa shape index (κ3) is 2.43. The quantitative estimate of drug-likeness (QED) is 0.486. The highest BCUT2D eigenvalue weighted by molar-refractivity contribution is 9.10. The van der Waals surface area contributed by atoms with Gasteiger partial charge in [0.15, 0.2) is 5.82 Å². The van der Waals surface area contributed by atoms with Gasteiger partial charge in [0.05, 0.1) is 0 Å². The lowest BCUT2D eigenvalue weighted by molar-refractivity contribution is 0.970. The van der Waals surface area contributed by atoms with Crippen LogP contribution in [0.15, 0.2) is 53.0 Å². The van der Waals surface area contributed by atoms with Crippen molar-refractivity contribution in [2.45, 2.75) is 0 Å².